The number of para-hydroxylation sites is 1. The van der Waals surface area contributed by atoms with Crippen LogP contribution in [0.4, 0.5) is 17.1 Å². The molecule has 0 aliphatic carbocycles. The van der Waals surface area contributed by atoms with Crippen molar-refractivity contribution < 1.29 is 4.42 Å². The number of benzene rings is 9. The van der Waals surface area contributed by atoms with Crippen molar-refractivity contribution >= 4 is 49.8 Å². The van der Waals surface area contributed by atoms with E-state index in [0.717, 1.165) is 77.6 Å². The minimum Gasteiger partial charge on any atom is -0.455 e. The summed E-state index contributed by atoms with van der Waals surface area (Å²) in [6, 6.07) is 75.8. The van der Waals surface area contributed by atoms with Gasteiger partial charge in [0.2, 0.25) is 0 Å². The lowest BCUT2D eigenvalue weighted by Crippen LogP contribution is -2.09. The predicted octanol–water partition coefficient (Wildman–Crippen LogP) is 14.7. The number of nitrogens with zero attached hydrogens (tertiary/aromatic N) is 4. The molecule has 0 fully saturated rings. The molecular formula is C55H36N4O. The van der Waals surface area contributed by atoms with Gasteiger partial charge in [-0.05, 0) is 88.3 Å². The van der Waals surface area contributed by atoms with Crippen LogP contribution >= 0.6 is 0 Å². The van der Waals surface area contributed by atoms with Gasteiger partial charge in [-0.1, -0.05) is 158 Å². The fourth-order valence-electron chi connectivity index (χ4n) is 8.16. The molecule has 0 spiro atoms. The van der Waals surface area contributed by atoms with Gasteiger partial charge in [-0.2, -0.15) is 0 Å². The van der Waals surface area contributed by atoms with E-state index in [0.29, 0.717) is 17.5 Å². The summed E-state index contributed by atoms with van der Waals surface area (Å²) in [4.78, 5) is 17.3. The molecule has 11 rings (SSSR count). The molecule has 0 N–H and O–H groups in total. The highest BCUT2D eigenvalue weighted by atomic mass is 16.3. The zero-order valence-corrected chi connectivity index (χ0v) is 32.5. The Kier molecular flexibility index (Phi) is 8.75. The van der Waals surface area contributed by atoms with Crippen molar-refractivity contribution in [1.29, 1.82) is 0 Å². The van der Waals surface area contributed by atoms with Gasteiger partial charge in [0.15, 0.2) is 17.5 Å². The average Bonchev–Trinajstić information content (AvgIpc) is 3.72. The van der Waals surface area contributed by atoms with E-state index in [1.54, 1.807) is 0 Å². The summed E-state index contributed by atoms with van der Waals surface area (Å²) >= 11 is 0. The standard InChI is InChI=1S/C55H36N4O/c1-5-15-37(16-6-1)38-25-30-45(31-26-38)59(44-22-11-4-12-23-44)46-32-27-39(28-33-46)48-35-42-21-13-14-24-47(42)52-51(48)49-36-43(29-34-50(49)60-52)55-57-53(40-17-7-2-8-18-40)56-54(58-55)41-19-9-3-10-20-41/h1-36H. The van der Waals surface area contributed by atoms with Gasteiger partial charge in [0, 0.05) is 49.9 Å². The van der Waals surface area contributed by atoms with Gasteiger partial charge < -0.3 is 9.32 Å². The molecule has 0 saturated heterocycles. The first-order valence-corrected chi connectivity index (χ1v) is 20.1. The Bertz CT molecular complexity index is 3220. The Hall–Kier alpha value is -8.15. The van der Waals surface area contributed by atoms with Gasteiger partial charge in [0.25, 0.3) is 0 Å². The second kappa shape index (κ2) is 15.0. The molecule has 0 aliphatic rings. The quantitative estimate of drug-likeness (QED) is 0.154. The molecule has 11 aromatic rings. The molecule has 0 unspecified atom stereocenters. The van der Waals surface area contributed by atoms with E-state index in [4.69, 9.17) is 19.4 Å². The lowest BCUT2D eigenvalue weighted by atomic mass is 9.94. The van der Waals surface area contributed by atoms with E-state index < -0.39 is 0 Å². The molecule has 2 aromatic heterocycles. The minimum atomic E-state index is 0.600. The Balaban J connectivity index is 1.05. The largest absolute Gasteiger partial charge is 0.455 e. The number of hydrogen-bond donors (Lipinski definition) is 0. The van der Waals surface area contributed by atoms with Gasteiger partial charge in [-0.15, -0.1) is 0 Å². The molecule has 2 heterocycles. The van der Waals surface area contributed by atoms with Crippen LogP contribution in [-0.4, -0.2) is 15.0 Å². The third-order valence-electron chi connectivity index (χ3n) is 11.1. The molecular weight excluding hydrogens is 733 g/mol. The molecule has 0 radical (unpaired) electrons. The third-order valence-corrected chi connectivity index (χ3v) is 11.1. The predicted molar refractivity (Wildman–Crippen MR) is 246 cm³/mol. The summed E-state index contributed by atoms with van der Waals surface area (Å²) in [5, 5.41) is 4.23. The summed E-state index contributed by atoms with van der Waals surface area (Å²) in [5.74, 6) is 1.85. The van der Waals surface area contributed by atoms with Gasteiger partial charge in [-0.25, -0.2) is 15.0 Å². The molecule has 5 nitrogen and oxygen atoms in total. The fourth-order valence-corrected chi connectivity index (χ4v) is 8.16. The molecule has 9 aromatic carbocycles. The zero-order chi connectivity index (χ0) is 39.8. The lowest BCUT2D eigenvalue weighted by molar-refractivity contribution is 0.673. The monoisotopic (exact) mass is 768 g/mol. The SMILES string of the molecule is c1ccc(-c2ccc(N(c3ccccc3)c3ccc(-c4cc5ccccc5c5oc6ccc(-c7nc(-c8ccccc8)nc(-c8ccccc8)n7)cc6c45)cc3)cc2)cc1. The van der Waals surface area contributed by atoms with Crippen LogP contribution in [-0.2, 0) is 0 Å². The molecule has 60 heavy (non-hydrogen) atoms. The maximum atomic E-state index is 6.76. The molecule has 5 heteroatoms. The van der Waals surface area contributed by atoms with Crippen LogP contribution in [0.25, 0.3) is 89.1 Å². The van der Waals surface area contributed by atoms with E-state index in [-0.39, 0.29) is 0 Å². The Morgan fingerprint density at radius 3 is 1.38 bits per heavy atom. The van der Waals surface area contributed by atoms with E-state index in [1.165, 1.54) is 11.1 Å². The fraction of sp³-hybridized carbons (Fsp3) is 0. The first kappa shape index (κ1) is 35.0. The van der Waals surface area contributed by atoms with Gasteiger partial charge in [0.1, 0.15) is 11.2 Å². The van der Waals surface area contributed by atoms with Crippen LogP contribution in [0, 0.1) is 0 Å². The van der Waals surface area contributed by atoms with Crippen molar-refractivity contribution in [3.63, 3.8) is 0 Å². The number of rotatable bonds is 8. The first-order valence-electron chi connectivity index (χ1n) is 20.1. The Morgan fingerprint density at radius 2 is 0.783 bits per heavy atom. The van der Waals surface area contributed by atoms with Crippen molar-refractivity contribution in [3.8, 4) is 56.4 Å². The molecule has 0 atom stereocenters. The van der Waals surface area contributed by atoms with Gasteiger partial charge >= 0.3 is 0 Å². The van der Waals surface area contributed by atoms with E-state index in [9.17, 15) is 0 Å². The number of anilines is 3. The number of hydrogen-bond acceptors (Lipinski definition) is 5. The van der Waals surface area contributed by atoms with Crippen molar-refractivity contribution in [1.82, 2.24) is 15.0 Å². The molecule has 0 saturated carbocycles. The highest BCUT2D eigenvalue weighted by Gasteiger charge is 2.20. The van der Waals surface area contributed by atoms with Crippen LogP contribution in [0.5, 0.6) is 0 Å². The van der Waals surface area contributed by atoms with Crippen molar-refractivity contribution in [2.75, 3.05) is 4.90 Å². The summed E-state index contributed by atoms with van der Waals surface area (Å²) in [5.41, 5.74) is 12.2. The summed E-state index contributed by atoms with van der Waals surface area (Å²) in [7, 11) is 0. The summed E-state index contributed by atoms with van der Waals surface area (Å²) < 4.78 is 6.76. The summed E-state index contributed by atoms with van der Waals surface area (Å²) in [6.07, 6.45) is 0. The van der Waals surface area contributed by atoms with Crippen molar-refractivity contribution in [2.45, 2.75) is 0 Å². The maximum absolute atomic E-state index is 6.76. The second-order valence-electron chi connectivity index (χ2n) is 14.8. The highest BCUT2D eigenvalue weighted by Crippen LogP contribution is 2.43. The normalized spacial score (nSPS) is 11.3. The van der Waals surface area contributed by atoms with Gasteiger partial charge in [-0.3, -0.25) is 0 Å². The van der Waals surface area contributed by atoms with E-state index in [1.807, 2.05) is 78.9 Å². The Labute approximate surface area is 347 Å². The smallest absolute Gasteiger partial charge is 0.164 e. The number of fused-ring (bicyclic) bond motifs is 5. The van der Waals surface area contributed by atoms with E-state index >= 15 is 0 Å². The van der Waals surface area contributed by atoms with Crippen LogP contribution in [0.2, 0.25) is 0 Å². The number of furan rings is 1. The average molecular weight is 769 g/mol. The topological polar surface area (TPSA) is 55.1 Å². The lowest BCUT2D eigenvalue weighted by Gasteiger charge is -2.26. The molecule has 282 valence electrons. The van der Waals surface area contributed by atoms with Crippen molar-refractivity contribution in [3.05, 3.63) is 218 Å². The van der Waals surface area contributed by atoms with Crippen LogP contribution in [0.15, 0.2) is 223 Å². The molecule has 0 amide bonds. The molecule has 0 aliphatic heterocycles. The zero-order valence-electron chi connectivity index (χ0n) is 32.5. The maximum Gasteiger partial charge on any atom is 0.164 e. The van der Waals surface area contributed by atoms with E-state index in [2.05, 4.69) is 144 Å². The first-order chi connectivity index (χ1) is 29.7. The Morgan fingerprint density at radius 1 is 0.333 bits per heavy atom. The highest BCUT2D eigenvalue weighted by molar-refractivity contribution is 6.21. The molecule has 0 bridgehead atoms. The number of aromatic nitrogens is 3. The van der Waals surface area contributed by atoms with Crippen LogP contribution in [0.3, 0.4) is 0 Å². The van der Waals surface area contributed by atoms with Crippen LogP contribution in [0.1, 0.15) is 0 Å². The third kappa shape index (κ3) is 6.45. The minimum absolute atomic E-state index is 0.600. The van der Waals surface area contributed by atoms with Crippen LogP contribution < -0.4 is 4.90 Å². The van der Waals surface area contributed by atoms with Gasteiger partial charge in [0.05, 0.1) is 0 Å². The summed E-state index contributed by atoms with van der Waals surface area (Å²) in [6.45, 7) is 0. The van der Waals surface area contributed by atoms with Crippen molar-refractivity contribution in [2.24, 2.45) is 0 Å². The second-order valence-corrected chi connectivity index (χ2v) is 14.8.